The zero-order chi connectivity index (χ0) is 18.4. The predicted molar refractivity (Wildman–Crippen MR) is 93.8 cm³/mol. The zero-order valence-corrected chi connectivity index (χ0v) is 15.0. The van der Waals surface area contributed by atoms with Crippen molar-refractivity contribution in [3.05, 3.63) is 35.9 Å². The van der Waals surface area contributed by atoms with Gasteiger partial charge in [0.15, 0.2) is 11.5 Å². The largest absolute Gasteiger partial charge is 0.493 e. The fraction of sp³-hybridized carbons (Fsp3) is 0.333. The Kier molecular flexibility index (Phi) is 6.05. The van der Waals surface area contributed by atoms with Crippen LogP contribution in [0.3, 0.4) is 0 Å². The number of carbonyl (C=O) groups excluding carboxylic acids is 1. The van der Waals surface area contributed by atoms with Crippen LogP contribution in [0.4, 0.5) is 0 Å². The summed E-state index contributed by atoms with van der Waals surface area (Å²) in [6.45, 7) is 2.03. The smallest absolute Gasteiger partial charge is 0.341 e. The van der Waals surface area contributed by atoms with Gasteiger partial charge < -0.3 is 23.5 Å². The van der Waals surface area contributed by atoms with Crippen LogP contribution in [-0.4, -0.2) is 43.5 Å². The molecule has 7 nitrogen and oxygen atoms in total. The highest BCUT2D eigenvalue weighted by Gasteiger charge is 2.19. The van der Waals surface area contributed by atoms with Crippen LogP contribution in [0.1, 0.15) is 18.3 Å². The average Bonchev–Trinajstić information content (AvgIpc) is 3.04. The molecular formula is C18H22N2O5. The van der Waals surface area contributed by atoms with Crippen LogP contribution in [0.5, 0.6) is 17.2 Å². The van der Waals surface area contributed by atoms with E-state index in [0.29, 0.717) is 34.2 Å². The summed E-state index contributed by atoms with van der Waals surface area (Å²) in [5, 5.41) is 0. The van der Waals surface area contributed by atoms with Crippen molar-refractivity contribution in [2.24, 2.45) is 7.05 Å². The number of hydrogen-bond donors (Lipinski definition) is 0. The van der Waals surface area contributed by atoms with E-state index in [1.54, 1.807) is 42.1 Å². The third kappa shape index (κ3) is 3.93. The molecular weight excluding hydrogens is 324 g/mol. The fourth-order valence-corrected chi connectivity index (χ4v) is 2.40. The van der Waals surface area contributed by atoms with Gasteiger partial charge in [-0.1, -0.05) is 0 Å². The molecule has 2 rings (SSSR count). The first-order valence-corrected chi connectivity index (χ1v) is 7.72. The molecule has 134 valence electrons. The van der Waals surface area contributed by atoms with Crippen molar-refractivity contribution < 1.29 is 23.7 Å². The highest BCUT2D eigenvalue weighted by Crippen LogP contribution is 2.39. The lowest BCUT2D eigenvalue weighted by atomic mass is 10.1. The van der Waals surface area contributed by atoms with Crippen molar-refractivity contribution in [2.75, 3.05) is 27.9 Å². The van der Waals surface area contributed by atoms with Gasteiger partial charge in [0.05, 0.1) is 27.9 Å². The number of rotatable bonds is 7. The van der Waals surface area contributed by atoms with Gasteiger partial charge in [-0.3, -0.25) is 0 Å². The molecule has 1 aromatic heterocycles. The van der Waals surface area contributed by atoms with E-state index in [2.05, 4.69) is 4.98 Å². The second kappa shape index (κ2) is 8.23. The molecule has 1 heterocycles. The summed E-state index contributed by atoms with van der Waals surface area (Å²) in [6, 6.07) is 3.51. The van der Waals surface area contributed by atoms with Crippen molar-refractivity contribution in [2.45, 2.75) is 6.92 Å². The average molecular weight is 346 g/mol. The number of benzene rings is 1. The second-order valence-electron chi connectivity index (χ2n) is 5.10. The molecule has 0 aliphatic carbocycles. The van der Waals surface area contributed by atoms with Crippen molar-refractivity contribution in [1.82, 2.24) is 9.55 Å². The molecule has 0 saturated carbocycles. The summed E-state index contributed by atoms with van der Waals surface area (Å²) >= 11 is 0. The van der Waals surface area contributed by atoms with E-state index in [-0.39, 0.29) is 6.61 Å². The maximum Gasteiger partial charge on any atom is 0.341 e. The lowest BCUT2D eigenvalue weighted by Crippen LogP contribution is -2.10. The number of methoxy groups -OCH3 is 3. The van der Waals surface area contributed by atoms with Crippen LogP contribution in [0, 0.1) is 0 Å². The van der Waals surface area contributed by atoms with Crippen LogP contribution >= 0.6 is 0 Å². The standard InChI is InChI=1S/C18H22N2O5/c1-6-25-18(21)13(17-19-7-8-20(17)2)9-12-10-14(22-3)16(24-5)15(11-12)23-4/h7-11H,6H2,1-5H3/b13-9+. The van der Waals surface area contributed by atoms with Crippen molar-refractivity contribution in [3.63, 3.8) is 0 Å². The van der Waals surface area contributed by atoms with Crippen LogP contribution in [-0.2, 0) is 16.6 Å². The molecule has 1 aromatic carbocycles. The summed E-state index contributed by atoms with van der Waals surface area (Å²) in [5.74, 6) is 1.53. The normalized spacial score (nSPS) is 11.2. The first-order valence-electron chi connectivity index (χ1n) is 7.72. The number of aromatic nitrogens is 2. The van der Waals surface area contributed by atoms with Gasteiger partial charge in [-0.05, 0) is 30.7 Å². The summed E-state index contributed by atoms with van der Waals surface area (Å²) in [7, 11) is 6.42. The third-order valence-electron chi connectivity index (χ3n) is 3.56. The Bertz CT molecular complexity index is 755. The number of aryl methyl sites for hydroxylation is 1. The Morgan fingerprint density at radius 1 is 1.16 bits per heavy atom. The second-order valence-corrected chi connectivity index (χ2v) is 5.10. The first kappa shape index (κ1) is 18.4. The van der Waals surface area contributed by atoms with Crippen molar-refractivity contribution >= 4 is 17.6 Å². The van der Waals surface area contributed by atoms with Gasteiger partial charge in [0.2, 0.25) is 5.75 Å². The topological polar surface area (TPSA) is 71.8 Å². The fourth-order valence-electron chi connectivity index (χ4n) is 2.40. The van der Waals surface area contributed by atoms with Crippen LogP contribution < -0.4 is 14.2 Å². The van der Waals surface area contributed by atoms with Crippen LogP contribution in [0.25, 0.3) is 11.6 Å². The van der Waals surface area contributed by atoms with E-state index < -0.39 is 5.97 Å². The maximum absolute atomic E-state index is 12.4. The molecule has 0 unspecified atom stereocenters. The van der Waals surface area contributed by atoms with E-state index in [1.165, 1.54) is 21.3 Å². The molecule has 0 radical (unpaired) electrons. The Hall–Kier alpha value is -2.96. The Morgan fingerprint density at radius 2 is 1.80 bits per heavy atom. The molecule has 25 heavy (non-hydrogen) atoms. The monoisotopic (exact) mass is 346 g/mol. The molecule has 0 aliphatic heterocycles. The van der Waals surface area contributed by atoms with Gasteiger partial charge in [0, 0.05) is 19.4 Å². The number of ether oxygens (including phenoxy) is 4. The summed E-state index contributed by atoms with van der Waals surface area (Å²) in [6.07, 6.45) is 5.07. The third-order valence-corrected chi connectivity index (χ3v) is 3.56. The number of nitrogens with zero attached hydrogens (tertiary/aromatic N) is 2. The highest BCUT2D eigenvalue weighted by molar-refractivity contribution is 6.20. The number of carbonyl (C=O) groups is 1. The Morgan fingerprint density at radius 3 is 2.24 bits per heavy atom. The van der Waals surface area contributed by atoms with E-state index in [1.807, 2.05) is 7.05 Å². The SMILES string of the molecule is CCOC(=O)/C(=C/c1cc(OC)c(OC)c(OC)c1)c1nccn1C. The van der Waals surface area contributed by atoms with Crippen molar-refractivity contribution in [1.29, 1.82) is 0 Å². The number of imidazole rings is 1. The predicted octanol–water partition coefficient (Wildman–Crippen LogP) is 2.55. The minimum atomic E-state index is -0.453. The lowest BCUT2D eigenvalue weighted by Gasteiger charge is -2.13. The number of esters is 1. The van der Waals surface area contributed by atoms with Crippen LogP contribution in [0.15, 0.2) is 24.5 Å². The molecule has 0 atom stereocenters. The molecule has 0 N–H and O–H groups in total. The molecule has 7 heteroatoms. The van der Waals surface area contributed by atoms with E-state index in [4.69, 9.17) is 18.9 Å². The molecule has 0 amide bonds. The van der Waals surface area contributed by atoms with E-state index >= 15 is 0 Å². The van der Waals surface area contributed by atoms with Gasteiger partial charge >= 0.3 is 5.97 Å². The van der Waals surface area contributed by atoms with E-state index in [0.717, 1.165) is 0 Å². The van der Waals surface area contributed by atoms with Gasteiger partial charge in [-0.15, -0.1) is 0 Å². The lowest BCUT2D eigenvalue weighted by molar-refractivity contribution is -0.136. The van der Waals surface area contributed by atoms with Gasteiger partial charge in [0.25, 0.3) is 0 Å². The zero-order valence-electron chi connectivity index (χ0n) is 15.0. The Labute approximate surface area is 146 Å². The summed E-state index contributed by atoms with van der Waals surface area (Å²) in [4.78, 5) is 16.6. The minimum Gasteiger partial charge on any atom is -0.493 e. The van der Waals surface area contributed by atoms with Gasteiger partial charge in [-0.25, -0.2) is 9.78 Å². The molecule has 0 saturated heterocycles. The van der Waals surface area contributed by atoms with Crippen LogP contribution in [0.2, 0.25) is 0 Å². The van der Waals surface area contributed by atoms with E-state index in [9.17, 15) is 4.79 Å². The molecule has 2 aromatic rings. The highest BCUT2D eigenvalue weighted by atomic mass is 16.5. The van der Waals surface area contributed by atoms with Gasteiger partial charge in [0.1, 0.15) is 11.4 Å². The molecule has 0 bridgehead atoms. The quantitative estimate of drug-likeness (QED) is 0.567. The Balaban J connectivity index is 2.59. The molecule has 0 fully saturated rings. The van der Waals surface area contributed by atoms with Gasteiger partial charge in [-0.2, -0.15) is 0 Å². The molecule has 0 aliphatic rings. The first-order chi connectivity index (χ1) is 12.0. The van der Waals surface area contributed by atoms with Crippen molar-refractivity contribution in [3.8, 4) is 17.2 Å². The minimum absolute atomic E-state index is 0.274. The maximum atomic E-state index is 12.4. The summed E-state index contributed by atoms with van der Waals surface area (Å²) in [5.41, 5.74) is 1.03. The summed E-state index contributed by atoms with van der Waals surface area (Å²) < 4.78 is 22.9. The number of hydrogen-bond acceptors (Lipinski definition) is 6. The molecule has 0 spiro atoms.